The average Bonchev–Trinajstić information content (AvgIpc) is 2.32. The first-order valence-electron chi connectivity index (χ1n) is 5.41. The summed E-state index contributed by atoms with van der Waals surface area (Å²) in [4.78, 5) is 26.2. The Morgan fingerprint density at radius 3 is 3.06 bits per heavy atom. The summed E-state index contributed by atoms with van der Waals surface area (Å²) in [5, 5.41) is 14.5. The van der Waals surface area contributed by atoms with E-state index in [-0.39, 0.29) is 17.6 Å². The summed E-state index contributed by atoms with van der Waals surface area (Å²) < 4.78 is 0. The second-order valence-corrected chi connectivity index (χ2v) is 3.84. The molecule has 0 spiro atoms. The molecule has 0 aliphatic carbocycles. The highest BCUT2D eigenvalue weighted by molar-refractivity contribution is 5.87. The monoisotopic (exact) mass is 235 g/mol. The summed E-state index contributed by atoms with van der Waals surface area (Å²) in [6.07, 6.45) is 1.63. The minimum atomic E-state index is -1.08. The molecule has 1 aliphatic rings. The van der Waals surface area contributed by atoms with Crippen LogP contribution >= 0.6 is 0 Å². The number of aromatic nitrogens is 1. The van der Waals surface area contributed by atoms with Gasteiger partial charge in [0.05, 0.1) is 0 Å². The Morgan fingerprint density at radius 2 is 2.35 bits per heavy atom. The normalized spacial score (nSPS) is 19.5. The van der Waals surface area contributed by atoms with Crippen molar-refractivity contribution in [2.24, 2.45) is 0 Å². The largest absolute Gasteiger partial charge is 0.477 e. The van der Waals surface area contributed by atoms with Gasteiger partial charge in [-0.1, -0.05) is 6.07 Å². The number of aromatic carboxylic acids is 1. The van der Waals surface area contributed by atoms with E-state index in [1.54, 1.807) is 12.1 Å². The van der Waals surface area contributed by atoms with E-state index in [9.17, 15) is 9.59 Å². The van der Waals surface area contributed by atoms with Crippen LogP contribution in [0.3, 0.4) is 0 Å². The summed E-state index contributed by atoms with van der Waals surface area (Å²) in [6.45, 7) is 0.694. The Bertz CT molecular complexity index is 447. The molecule has 1 atom stereocenters. The van der Waals surface area contributed by atoms with Crippen molar-refractivity contribution in [3.63, 3.8) is 0 Å². The van der Waals surface area contributed by atoms with E-state index in [1.165, 1.54) is 6.07 Å². The van der Waals surface area contributed by atoms with E-state index in [0.29, 0.717) is 12.4 Å². The second kappa shape index (κ2) is 4.82. The minimum absolute atomic E-state index is 0.0359. The first kappa shape index (κ1) is 11.4. The van der Waals surface area contributed by atoms with Gasteiger partial charge < -0.3 is 15.7 Å². The zero-order valence-corrected chi connectivity index (χ0v) is 9.14. The number of nitrogens with zero attached hydrogens (tertiary/aromatic N) is 1. The molecule has 1 amide bonds. The lowest BCUT2D eigenvalue weighted by atomic mass is 10.1. The average molecular weight is 235 g/mol. The van der Waals surface area contributed by atoms with Crippen LogP contribution in [-0.2, 0) is 4.79 Å². The fourth-order valence-electron chi connectivity index (χ4n) is 1.72. The number of nitrogens with one attached hydrogen (secondary N) is 2. The van der Waals surface area contributed by atoms with Gasteiger partial charge in [0.25, 0.3) is 0 Å². The van der Waals surface area contributed by atoms with E-state index in [0.717, 1.165) is 12.8 Å². The highest BCUT2D eigenvalue weighted by atomic mass is 16.4. The van der Waals surface area contributed by atoms with Crippen molar-refractivity contribution in [2.45, 2.75) is 18.9 Å². The fourth-order valence-corrected chi connectivity index (χ4v) is 1.72. The molecular weight excluding hydrogens is 222 g/mol. The SMILES string of the molecule is O=C(O)c1cccc(N[C@H]2CCCNC2=O)n1. The Kier molecular flexibility index (Phi) is 3.22. The molecule has 1 aromatic rings. The number of carboxylic acid groups (broad SMARTS) is 1. The summed E-state index contributed by atoms with van der Waals surface area (Å²) >= 11 is 0. The first-order chi connectivity index (χ1) is 8.16. The molecular formula is C11H13N3O3. The van der Waals surface area contributed by atoms with Crippen molar-refractivity contribution in [1.82, 2.24) is 10.3 Å². The topological polar surface area (TPSA) is 91.3 Å². The van der Waals surface area contributed by atoms with Gasteiger partial charge in [0.1, 0.15) is 11.9 Å². The van der Waals surface area contributed by atoms with Gasteiger partial charge in [0.2, 0.25) is 5.91 Å². The third-order valence-corrected chi connectivity index (χ3v) is 2.58. The Hall–Kier alpha value is -2.11. The van der Waals surface area contributed by atoms with Crippen molar-refractivity contribution in [1.29, 1.82) is 0 Å². The van der Waals surface area contributed by atoms with E-state index >= 15 is 0 Å². The molecule has 17 heavy (non-hydrogen) atoms. The number of rotatable bonds is 3. The lowest BCUT2D eigenvalue weighted by Gasteiger charge is -2.23. The predicted molar refractivity (Wildman–Crippen MR) is 60.9 cm³/mol. The van der Waals surface area contributed by atoms with E-state index in [2.05, 4.69) is 15.6 Å². The van der Waals surface area contributed by atoms with Gasteiger partial charge >= 0.3 is 5.97 Å². The maximum Gasteiger partial charge on any atom is 0.354 e. The molecule has 0 bridgehead atoms. The highest BCUT2D eigenvalue weighted by Crippen LogP contribution is 2.11. The molecule has 0 radical (unpaired) electrons. The zero-order valence-electron chi connectivity index (χ0n) is 9.14. The minimum Gasteiger partial charge on any atom is -0.477 e. The molecule has 6 heteroatoms. The number of carboxylic acids is 1. The maximum atomic E-state index is 11.5. The molecule has 1 saturated heterocycles. The number of hydrogen-bond acceptors (Lipinski definition) is 4. The molecule has 2 heterocycles. The van der Waals surface area contributed by atoms with Crippen molar-refractivity contribution in [2.75, 3.05) is 11.9 Å². The highest BCUT2D eigenvalue weighted by Gasteiger charge is 2.22. The molecule has 90 valence electrons. The molecule has 0 aromatic carbocycles. The van der Waals surface area contributed by atoms with Crippen LogP contribution in [0.4, 0.5) is 5.82 Å². The summed E-state index contributed by atoms with van der Waals surface area (Å²) in [5.74, 6) is -0.743. The predicted octanol–water partition coefficient (Wildman–Crippen LogP) is 0.470. The molecule has 3 N–H and O–H groups in total. The summed E-state index contributed by atoms with van der Waals surface area (Å²) in [6, 6.07) is 4.32. The molecule has 0 saturated carbocycles. The van der Waals surface area contributed by atoms with Crippen LogP contribution in [0.25, 0.3) is 0 Å². The molecule has 1 aliphatic heterocycles. The smallest absolute Gasteiger partial charge is 0.354 e. The second-order valence-electron chi connectivity index (χ2n) is 3.84. The van der Waals surface area contributed by atoms with Gasteiger partial charge in [-0.25, -0.2) is 9.78 Å². The fraction of sp³-hybridized carbons (Fsp3) is 0.364. The number of amides is 1. The van der Waals surface area contributed by atoms with Gasteiger partial charge in [-0.15, -0.1) is 0 Å². The van der Waals surface area contributed by atoms with Crippen LogP contribution in [0, 0.1) is 0 Å². The van der Waals surface area contributed by atoms with Crippen LogP contribution in [-0.4, -0.2) is 34.6 Å². The van der Waals surface area contributed by atoms with Crippen molar-refractivity contribution in [3.8, 4) is 0 Å². The number of pyridine rings is 1. The van der Waals surface area contributed by atoms with Crippen LogP contribution in [0.2, 0.25) is 0 Å². The molecule has 1 aromatic heterocycles. The van der Waals surface area contributed by atoms with Crippen LogP contribution in [0.1, 0.15) is 23.3 Å². The number of hydrogen-bond donors (Lipinski definition) is 3. The van der Waals surface area contributed by atoms with Gasteiger partial charge in [-0.3, -0.25) is 4.79 Å². The number of carbonyl (C=O) groups is 2. The van der Waals surface area contributed by atoms with Gasteiger partial charge in [-0.2, -0.15) is 0 Å². The maximum absolute atomic E-state index is 11.5. The standard InChI is InChI=1S/C11H13N3O3/c15-10-7(4-2-6-12-10)13-9-5-1-3-8(14-9)11(16)17/h1,3,5,7H,2,4,6H2,(H,12,15)(H,13,14)(H,16,17)/t7-/m0/s1. The van der Waals surface area contributed by atoms with E-state index < -0.39 is 5.97 Å². The summed E-state index contributed by atoms with van der Waals surface area (Å²) in [7, 11) is 0. The number of piperidine rings is 1. The third kappa shape index (κ3) is 2.72. The van der Waals surface area contributed by atoms with Gasteiger partial charge in [0.15, 0.2) is 5.69 Å². The number of carbonyl (C=O) groups excluding carboxylic acids is 1. The molecule has 2 rings (SSSR count). The first-order valence-corrected chi connectivity index (χ1v) is 5.41. The van der Waals surface area contributed by atoms with Crippen molar-refractivity contribution in [3.05, 3.63) is 23.9 Å². The Morgan fingerprint density at radius 1 is 1.53 bits per heavy atom. The van der Waals surface area contributed by atoms with Crippen LogP contribution < -0.4 is 10.6 Å². The van der Waals surface area contributed by atoms with E-state index in [1.807, 2.05) is 0 Å². The third-order valence-electron chi connectivity index (χ3n) is 2.58. The molecule has 0 unspecified atom stereocenters. The molecule has 1 fully saturated rings. The van der Waals surface area contributed by atoms with Crippen molar-refractivity contribution >= 4 is 17.7 Å². The van der Waals surface area contributed by atoms with Crippen molar-refractivity contribution < 1.29 is 14.7 Å². The number of anilines is 1. The Labute approximate surface area is 98.1 Å². The van der Waals surface area contributed by atoms with Gasteiger partial charge in [-0.05, 0) is 25.0 Å². The van der Waals surface area contributed by atoms with Crippen LogP contribution in [0.5, 0.6) is 0 Å². The lowest BCUT2D eigenvalue weighted by molar-refractivity contribution is -0.123. The zero-order chi connectivity index (χ0) is 12.3. The quantitative estimate of drug-likeness (QED) is 0.708. The summed E-state index contributed by atoms with van der Waals surface area (Å²) in [5.41, 5.74) is -0.0359. The molecule has 6 nitrogen and oxygen atoms in total. The van der Waals surface area contributed by atoms with Gasteiger partial charge in [0, 0.05) is 6.54 Å². The lowest BCUT2D eigenvalue weighted by Crippen LogP contribution is -2.44. The van der Waals surface area contributed by atoms with Crippen LogP contribution in [0.15, 0.2) is 18.2 Å². The van der Waals surface area contributed by atoms with E-state index in [4.69, 9.17) is 5.11 Å². The Balaban J connectivity index is 2.09.